The minimum atomic E-state index is -0.387. The number of carbonyl (C=O) groups excluding carboxylic acids is 1. The summed E-state index contributed by atoms with van der Waals surface area (Å²) < 4.78 is 20.7. The molecule has 0 aliphatic carbocycles. The zero-order valence-corrected chi connectivity index (χ0v) is 16.2. The van der Waals surface area contributed by atoms with Gasteiger partial charge >= 0.3 is 5.69 Å². The topological polar surface area (TPSA) is 95.8 Å². The lowest BCUT2D eigenvalue weighted by molar-refractivity contribution is 0.0983. The molecule has 0 aliphatic heterocycles. The Labute approximate surface area is 168 Å². The molecular weight excluding hydrogens is 397 g/mol. The number of rotatable bonds is 7. The number of carbonyl (C=O) groups is 1. The van der Waals surface area contributed by atoms with Crippen molar-refractivity contribution in [3.05, 3.63) is 81.4 Å². The van der Waals surface area contributed by atoms with E-state index < -0.39 is 0 Å². The van der Waals surface area contributed by atoms with E-state index in [0.717, 1.165) is 16.9 Å². The van der Waals surface area contributed by atoms with Crippen molar-refractivity contribution in [2.24, 2.45) is 0 Å². The van der Waals surface area contributed by atoms with Gasteiger partial charge in [0.05, 0.1) is 23.3 Å². The first kappa shape index (κ1) is 18.9. The normalized spacial score (nSPS) is 11.1. The lowest BCUT2D eigenvalue weighted by Crippen LogP contribution is -2.24. The van der Waals surface area contributed by atoms with Crippen LogP contribution in [0.25, 0.3) is 5.13 Å². The van der Waals surface area contributed by atoms with E-state index in [1.807, 2.05) is 0 Å². The smallest absolute Gasteiger partial charge is 0.352 e. The largest absolute Gasteiger partial charge is 0.449 e. The Kier molecular flexibility index (Phi) is 5.17. The second-order valence-corrected chi connectivity index (χ2v) is 7.31. The van der Waals surface area contributed by atoms with Gasteiger partial charge in [-0.15, -0.1) is 0 Å². The van der Waals surface area contributed by atoms with E-state index in [2.05, 4.69) is 15.1 Å². The highest BCUT2D eigenvalue weighted by molar-refractivity contribution is 7.16. The van der Waals surface area contributed by atoms with Crippen molar-refractivity contribution in [1.82, 2.24) is 24.3 Å². The molecule has 0 fully saturated rings. The molecule has 8 nitrogen and oxygen atoms in total. The molecule has 0 unspecified atom stereocenters. The van der Waals surface area contributed by atoms with E-state index in [-0.39, 0.29) is 30.3 Å². The predicted octanol–water partition coefficient (Wildman–Crippen LogP) is 2.79. The van der Waals surface area contributed by atoms with Crippen molar-refractivity contribution < 1.29 is 13.6 Å². The molecule has 0 N–H and O–H groups in total. The maximum absolute atomic E-state index is 13.0. The summed E-state index contributed by atoms with van der Waals surface area (Å²) in [6, 6.07) is 5.85. The first-order chi connectivity index (χ1) is 14.0. The van der Waals surface area contributed by atoms with Crippen LogP contribution in [0.1, 0.15) is 33.2 Å². The first-order valence-electron chi connectivity index (χ1n) is 8.79. The second-order valence-electron chi connectivity index (χ2n) is 6.33. The number of benzene rings is 1. The molecule has 0 saturated carbocycles. The molecule has 3 heterocycles. The molecule has 0 aliphatic rings. The quantitative estimate of drug-likeness (QED) is 0.432. The van der Waals surface area contributed by atoms with Crippen LogP contribution < -0.4 is 5.69 Å². The van der Waals surface area contributed by atoms with Gasteiger partial charge in [0, 0.05) is 12.8 Å². The highest BCUT2D eigenvalue weighted by Gasteiger charge is 2.19. The van der Waals surface area contributed by atoms with Crippen molar-refractivity contribution in [3.63, 3.8) is 0 Å². The Hall–Kier alpha value is -3.40. The van der Waals surface area contributed by atoms with Crippen LogP contribution in [0.4, 0.5) is 4.39 Å². The minimum Gasteiger partial charge on any atom is -0.449 e. The van der Waals surface area contributed by atoms with Crippen molar-refractivity contribution >= 4 is 17.1 Å². The number of nitrogens with zero attached hydrogens (tertiary/aromatic N) is 5. The summed E-state index contributed by atoms with van der Waals surface area (Å²) in [6.45, 7) is 1.94. The molecule has 1 aromatic carbocycles. The third-order valence-electron chi connectivity index (χ3n) is 4.27. The van der Waals surface area contributed by atoms with Gasteiger partial charge in [0.15, 0.2) is 16.8 Å². The number of aromatic nitrogens is 5. The number of halogens is 1. The van der Waals surface area contributed by atoms with E-state index in [4.69, 9.17) is 4.42 Å². The van der Waals surface area contributed by atoms with Crippen LogP contribution >= 0.6 is 11.3 Å². The van der Waals surface area contributed by atoms with Crippen LogP contribution in [0.3, 0.4) is 0 Å². The molecular formula is C19H16FN5O3S. The van der Waals surface area contributed by atoms with Crippen LogP contribution in [-0.2, 0) is 13.0 Å². The summed E-state index contributed by atoms with van der Waals surface area (Å²) in [5.74, 6) is 0.0696. The average molecular weight is 413 g/mol. The standard InChI is InChI=1S/C19H16FN5O3S/c1-12-17(15(26)6-7-16-21-8-9-28-16)29-18(23-12)24-11-22-25(19(24)27)10-13-2-4-14(20)5-3-13/h2-5,8-9,11H,6-7,10H2,1H3. The van der Waals surface area contributed by atoms with Crippen LogP contribution in [0.2, 0.25) is 0 Å². The summed E-state index contributed by atoms with van der Waals surface area (Å²) in [6.07, 6.45) is 5.00. The maximum Gasteiger partial charge on any atom is 0.352 e. The molecule has 4 aromatic rings. The van der Waals surface area contributed by atoms with Gasteiger partial charge in [0.1, 0.15) is 18.4 Å². The monoisotopic (exact) mass is 413 g/mol. The third-order valence-corrected chi connectivity index (χ3v) is 5.47. The number of oxazole rings is 1. The van der Waals surface area contributed by atoms with Crippen molar-refractivity contribution in [2.75, 3.05) is 0 Å². The molecule has 0 radical (unpaired) electrons. The SMILES string of the molecule is Cc1nc(-n2cnn(Cc3ccc(F)cc3)c2=O)sc1C(=O)CCc1ncco1. The van der Waals surface area contributed by atoms with E-state index >= 15 is 0 Å². The average Bonchev–Trinajstić information content (AvgIpc) is 3.43. The van der Waals surface area contributed by atoms with Crippen LogP contribution in [-0.4, -0.2) is 30.1 Å². The van der Waals surface area contributed by atoms with Gasteiger partial charge < -0.3 is 4.42 Å². The summed E-state index contributed by atoms with van der Waals surface area (Å²) in [5.41, 5.74) is 0.916. The Morgan fingerprint density at radius 3 is 2.79 bits per heavy atom. The Bertz CT molecular complexity index is 1190. The molecule has 29 heavy (non-hydrogen) atoms. The fraction of sp³-hybridized carbons (Fsp3) is 0.211. The molecule has 0 spiro atoms. The predicted molar refractivity (Wildman–Crippen MR) is 103 cm³/mol. The number of Topliss-reactive ketones (excluding diaryl/α,β-unsaturated/α-hetero) is 1. The van der Waals surface area contributed by atoms with Gasteiger partial charge in [-0.3, -0.25) is 4.79 Å². The molecule has 4 rings (SSSR count). The Balaban J connectivity index is 1.52. The summed E-state index contributed by atoms with van der Waals surface area (Å²) in [7, 11) is 0. The molecule has 10 heteroatoms. The fourth-order valence-corrected chi connectivity index (χ4v) is 3.79. The molecule has 0 atom stereocenters. The highest BCUT2D eigenvalue weighted by Crippen LogP contribution is 2.22. The zero-order valence-electron chi connectivity index (χ0n) is 15.4. The van der Waals surface area contributed by atoms with E-state index in [1.54, 1.807) is 19.1 Å². The van der Waals surface area contributed by atoms with Gasteiger partial charge in [0.2, 0.25) is 0 Å². The molecule has 0 amide bonds. The lowest BCUT2D eigenvalue weighted by Gasteiger charge is -2.00. The second kappa shape index (κ2) is 7.92. The van der Waals surface area contributed by atoms with Gasteiger partial charge in [0.25, 0.3) is 0 Å². The van der Waals surface area contributed by atoms with Crippen LogP contribution in [0.5, 0.6) is 0 Å². The fourth-order valence-electron chi connectivity index (χ4n) is 2.79. The van der Waals surface area contributed by atoms with Gasteiger partial charge in [-0.1, -0.05) is 23.5 Å². The number of hydrogen-bond acceptors (Lipinski definition) is 7. The van der Waals surface area contributed by atoms with E-state index in [1.165, 1.54) is 40.2 Å². The van der Waals surface area contributed by atoms with Gasteiger partial charge in [-0.2, -0.15) is 5.10 Å². The molecule has 3 aromatic heterocycles. The first-order valence-corrected chi connectivity index (χ1v) is 9.61. The minimum absolute atomic E-state index is 0.0868. The number of ketones is 1. The Morgan fingerprint density at radius 1 is 1.28 bits per heavy atom. The van der Waals surface area contributed by atoms with E-state index in [9.17, 15) is 14.0 Å². The highest BCUT2D eigenvalue weighted by atomic mass is 32.1. The summed E-state index contributed by atoms with van der Waals surface area (Å²) >= 11 is 1.14. The van der Waals surface area contributed by atoms with Crippen LogP contribution in [0, 0.1) is 12.7 Å². The van der Waals surface area contributed by atoms with Crippen molar-refractivity contribution in [3.8, 4) is 5.13 Å². The molecule has 0 saturated heterocycles. The van der Waals surface area contributed by atoms with Gasteiger partial charge in [-0.05, 0) is 24.6 Å². The van der Waals surface area contributed by atoms with Crippen molar-refractivity contribution in [1.29, 1.82) is 0 Å². The van der Waals surface area contributed by atoms with E-state index in [0.29, 0.717) is 28.0 Å². The Morgan fingerprint density at radius 2 is 2.07 bits per heavy atom. The number of thiazole rings is 1. The summed E-state index contributed by atoms with van der Waals surface area (Å²) in [4.78, 5) is 34.0. The maximum atomic E-state index is 13.0. The summed E-state index contributed by atoms with van der Waals surface area (Å²) in [5, 5.41) is 4.47. The third kappa shape index (κ3) is 4.06. The lowest BCUT2D eigenvalue weighted by atomic mass is 10.2. The zero-order chi connectivity index (χ0) is 20.4. The van der Waals surface area contributed by atoms with Crippen LogP contribution in [0.15, 0.2) is 52.3 Å². The molecule has 148 valence electrons. The van der Waals surface area contributed by atoms with Gasteiger partial charge in [-0.25, -0.2) is 28.4 Å². The van der Waals surface area contributed by atoms with Crippen molar-refractivity contribution in [2.45, 2.75) is 26.3 Å². The molecule has 0 bridgehead atoms. The number of aryl methyl sites for hydroxylation is 2. The number of hydrogen-bond donors (Lipinski definition) is 0.